The number of benzene rings is 1. The van der Waals surface area contributed by atoms with Gasteiger partial charge in [0.2, 0.25) is 0 Å². The Hall–Kier alpha value is -1.30. The highest BCUT2D eigenvalue weighted by atomic mass is 32.4. The molecule has 2 unspecified atom stereocenters. The number of alkyl halides is 3. The van der Waals surface area contributed by atoms with Crippen molar-refractivity contribution < 1.29 is 26.3 Å². The van der Waals surface area contributed by atoms with Crippen LogP contribution in [-0.2, 0) is 20.8 Å². The van der Waals surface area contributed by atoms with Crippen molar-refractivity contribution in [1.82, 2.24) is 9.78 Å². The zero-order valence-corrected chi connectivity index (χ0v) is 24.6. The van der Waals surface area contributed by atoms with E-state index in [-0.39, 0.29) is 24.3 Å². The fourth-order valence-electron chi connectivity index (χ4n) is 5.55. The van der Waals surface area contributed by atoms with Gasteiger partial charge in [0.25, 0.3) is 0 Å². The van der Waals surface area contributed by atoms with E-state index in [1.165, 1.54) is 6.07 Å². The molecule has 1 aliphatic heterocycles. The van der Waals surface area contributed by atoms with E-state index in [4.69, 9.17) is 9.84 Å². The first-order chi connectivity index (χ1) is 16.5. The van der Waals surface area contributed by atoms with Crippen LogP contribution in [0.15, 0.2) is 46.5 Å². The van der Waals surface area contributed by atoms with Crippen molar-refractivity contribution in [2.24, 2.45) is 0 Å². The number of ether oxygens (including phenoxy) is 1. The molecule has 36 heavy (non-hydrogen) atoms. The maximum Gasteiger partial charge on any atom is 0.416 e. The Kier molecular flexibility index (Phi) is 8.50. The molecule has 0 bridgehead atoms. The van der Waals surface area contributed by atoms with Crippen molar-refractivity contribution in [3.63, 3.8) is 0 Å². The molecule has 1 aromatic carbocycles. The number of sulfone groups is 1. The van der Waals surface area contributed by atoms with E-state index < -0.39 is 39.8 Å². The van der Waals surface area contributed by atoms with E-state index in [1.54, 1.807) is 11.6 Å². The number of halogens is 3. The van der Waals surface area contributed by atoms with Gasteiger partial charge in [-0.15, -0.1) is 11.2 Å². The summed E-state index contributed by atoms with van der Waals surface area (Å²) in [7, 11) is -5.88. The van der Waals surface area contributed by atoms with E-state index in [2.05, 4.69) is 41.5 Å². The number of rotatable bonds is 8. The smallest absolute Gasteiger partial charge is 0.356 e. The topological polar surface area (TPSA) is 61.2 Å². The molecule has 0 saturated carbocycles. The minimum absolute atomic E-state index is 0.0957. The highest BCUT2D eigenvalue weighted by Gasteiger charge is 2.47. The van der Waals surface area contributed by atoms with Crippen molar-refractivity contribution in [1.29, 1.82) is 0 Å². The summed E-state index contributed by atoms with van der Waals surface area (Å²) in [5, 5.41) is 5.68. The van der Waals surface area contributed by atoms with Crippen LogP contribution in [-0.4, -0.2) is 36.8 Å². The van der Waals surface area contributed by atoms with Crippen LogP contribution in [0.1, 0.15) is 73.1 Å². The van der Waals surface area contributed by atoms with Gasteiger partial charge in [-0.2, -0.15) is 18.3 Å². The minimum Gasteiger partial charge on any atom is -0.356 e. The summed E-state index contributed by atoms with van der Waals surface area (Å²) >= 11 is 1.88. The lowest BCUT2D eigenvalue weighted by molar-refractivity contribution is -0.137. The van der Waals surface area contributed by atoms with Crippen LogP contribution in [0.5, 0.6) is 0 Å². The molecular formula is C25H37F3N2O3S2Si. The van der Waals surface area contributed by atoms with Gasteiger partial charge < -0.3 is 4.74 Å². The average molecular weight is 563 g/mol. The van der Waals surface area contributed by atoms with Crippen molar-refractivity contribution in [2.75, 3.05) is 6.61 Å². The molecule has 202 valence electrons. The summed E-state index contributed by atoms with van der Waals surface area (Å²) in [6, 6.07) is 5.93. The SMILES string of the molecule is CC(C)[Si](Sc1ccn(C2CC(C)(S(=O)(=O)c3cccc(C(F)(F)F)c3)CCO2)n1)(C(C)C)C(C)C. The van der Waals surface area contributed by atoms with E-state index in [1.807, 2.05) is 23.5 Å². The number of aromatic nitrogens is 2. The molecule has 3 rings (SSSR count). The van der Waals surface area contributed by atoms with Gasteiger partial charge in [-0.1, -0.05) is 47.6 Å². The quantitative estimate of drug-likeness (QED) is 0.308. The van der Waals surface area contributed by atoms with Crippen molar-refractivity contribution >= 4 is 28.3 Å². The Labute approximate surface area is 217 Å². The summed E-state index contributed by atoms with van der Waals surface area (Å²) < 4.78 is 73.0. The molecule has 2 heterocycles. The van der Waals surface area contributed by atoms with Gasteiger partial charge in [-0.05, 0) is 54.2 Å². The molecule has 0 amide bonds. The molecule has 1 aromatic heterocycles. The van der Waals surface area contributed by atoms with Gasteiger partial charge in [0, 0.05) is 12.6 Å². The third-order valence-corrected chi connectivity index (χ3v) is 22.2. The third kappa shape index (κ3) is 5.44. The van der Waals surface area contributed by atoms with E-state index in [0.29, 0.717) is 16.6 Å². The number of hydrogen-bond donors (Lipinski definition) is 0. The Bertz CT molecular complexity index is 1140. The van der Waals surface area contributed by atoms with E-state index in [9.17, 15) is 21.6 Å². The second-order valence-corrected chi connectivity index (χ2v) is 21.8. The van der Waals surface area contributed by atoms with Crippen LogP contribution >= 0.6 is 11.2 Å². The Morgan fingerprint density at radius 2 is 1.72 bits per heavy atom. The predicted molar refractivity (Wildman–Crippen MR) is 140 cm³/mol. The Morgan fingerprint density at radius 3 is 2.28 bits per heavy atom. The normalized spacial score (nSPS) is 22.1. The standard InChI is InChI=1S/C25H37F3N2O3S2Si/c1-17(2)36(18(3)4,19(5)6)34-22-11-13-30(29-22)23-16-24(7,12-14-33-23)35(31,32)21-10-8-9-20(15-21)25(26,27)28/h8-11,13,15,17-19,23H,12,14,16H2,1-7H3. The van der Waals surface area contributed by atoms with Crippen LogP contribution in [0, 0.1) is 0 Å². The summed E-state index contributed by atoms with van der Waals surface area (Å²) in [6.07, 6.45) is -3.13. The highest BCUT2D eigenvalue weighted by molar-refractivity contribution is 8.29. The van der Waals surface area contributed by atoms with Crippen molar-refractivity contribution in [3.8, 4) is 0 Å². The van der Waals surface area contributed by atoms with Crippen LogP contribution in [0.3, 0.4) is 0 Å². The molecule has 1 saturated heterocycles. The third-order valence-electron chi connectivity index (χ3n) is 7.54. The second-order valence-electron chi connectivity index (χ2n) is 10.8. The average Bonchev–Trinajstić information content (AvgIpc) is 3.25. The van der Waals surface area contributed by atoms with Gasteiger partial charge in [-0.25, -0.2) is 13.1 Å². The predicted octanol–water partition coefficient (Wildman–Crippen LogP) is 7.71. The first kappa shape index (κ1) is 29.3. The molecule has 1 fully saturated rings. The monoisotopic (exact) mass is 562 g/mol. The van der Waals surface area contributed by atoms with Crippen molar-refractivity contribution in [2.45, 2.75) is 105 Å². The van der Waals surface area contributed by atoms with E-state index in [0.717, 1.165) is 23.2 Å². The maximum absolute atomic E-state index is 13.5. The largest absolute Gasteiger partial charge is 0.416 e. The molecular weight excluding hydrogens is 526 g/mol. The fraction of sp³-hybridized carbons (Fsp3) is 0.640. The molecule has 0 spiro atoms. The van der Waals surface area contributed by atoms with Gasteiger partial charge in [0.15, 0.2) is 16.1 Å². The second kappa shape index (κ2) is 10.5. The van der Waals surface area contributed by atoms with Gasteiger partial charge >= 0.3 is 6.18 Å². The lowest BCUT2D eigenvalue weighted by Gasteiger charge is -2.41. The summed E-state index contributed by atoms with van der Waals surface area (Å²) in [5.41, 5.74) is 0.649. The summed E-state index contributed by atoms with van der Waals surface area (Å²) in [5.74, 6) is 0. The molecule has 0 aliphatic carbocycles. The van der Waals surface area contributed by atoms with E-state index >= 15 is 0 Å². The van der Waals surface area contributed by atoms with Crippen LogP contribution in [0.25, 0.3) is 0 Å². The highest BCUT2D eigenvalue weighted by Crippen LogP contribution is 2.51. The van der Waals surface area contributed by atoms with Crippen LogP contribution in [0.2, 0.25) is 16.6 Å². The lowest BCUT2D eigenvalue weighted by Crippen LogP contribution is -2.43. The maximum atomic E-state index is 13.5. The minimum atomic E-state index is -4.62. The molecule has 5 nitrogen and oxygen atoms in total. The van der Waals surface area contributed by atoms with Gasteiger partial charge in [-0.3, -0.25) is 0 Å². The molecule has 0 radical (unpaired) electrons. The lowest BCUT2D eigenvalue weighted by atomic mass is 10.00. The number of nitrogens with zero attached hydrogens (tertiary/aromatic N) is 2. The summed E-state index contributed by atoms with van der Waals surface area (Å²) in [4.78, 5) is -0.321. The molecule has 1 aliphatic rings. The zero-order chi connectivity index (χ0) is 27.1. The first-order valence-electron chi connectivity index (χ1n) is 12.3. The first-order valence-corrected chi connectivity index (χ1v) is 17.6. The molecule has 2 aromatic rings. The number of hydrogen-bond acceptors (Lipinski definition) is 5. The zero-order valence-electron chi connectivity index (χ0n) is 22.0. The van der Waals surface area contributed by atoms with Crippen LogP contribution < -0.4 is 0 Å². The fourth-order valence-corrected chi connectivity index (χ4v) is 16.2. The Morgan fingerprint density at radius 1 is 1.11 bits per heavy atom. The van der Waals surface area contributed by atoms with Gasteiger partial charge in [0.1, 0.15) is 12.2 Å². The van der Waals surface area contributed by atoms with Gasteiger partial charge in [0.05, 0.1) is 21.8 Å². The molecule has 0 N–H and O–H groups in total. The molecule has 11 heteroatoms. The van der Waals surface area contributed by atoms with Crippen molar-refractivity contribution in [3.05, 3.63) is 42.1 Å². The van der Waals surface area contributed by atoms with Crippen LogP contribution in [0.4, 0.5) is 13.2 Å². The summed E-state index contributed by atoms with van der Waals surface area (Å²) in [6.45, 7) is 15.5. The Balaban J connectivity index is 1.88. The molecule has 2 atom stereocenters.